The predicted molar refractivity (Wildman–Crippen MR) is 60.6 cm³/mol. The van der Waals surface area contributed by atoms with Crippen LogP contribution < -0.4 is 5.73 Å². The highest BCUT2D eigenvalue weighted by molar-refractivity contribution is 5.11. The zero-order valence-electron chi connectivity index (χ0n) is 9.57. The maximum absolute atomic E-state index is 5.85. The first-order valence-electron chi connectivity index (χ1n) is 5.78. The summed E-state index contributed by atoms with van der Waals surface area (Å²) in [6, 6.07) is 5.06. The Labute approximate surface area is 91.2 Å². The summed E-state index contributed by atoms with van der Waals surface area (Å²) in [5, 5.41) is 0. The second-order valence-corrected chi connectivity index (χ2v) is 4.26. The van der Waals surface area contributed by atoms with Gasteiger partial charge in [0.15, 0.2) is 0 Å². The highest BCUT2D eigenvalue weighted by Gasteiger charge is 2.34. The van der Waals surface area contributed by atoms with Crippen molar-refractivity contribution in [3.63, 3.8) is 0 Å². The fourth-order valence-corrected chi connectivity index (χ4v) is 2.19. The van der Waals surface area contributed by atoms with Crippen LogP contribution in [0.4, 0.5) is 0 Å². The van der Waals surface area contributed by atoms with Crippen LogP contribution in [-0.4, -0.2) is 24.0 Å². The summed E-state index contributed by atoms with van der Waals surface area (Å²) in [4.78, 5) is 2.46. The first kappa shape index (κ1) is 10.7. The summed E-state index contributed by atoms with van der Waals surface area (Å²) in [5.74, 6) is 1.99. The first-order valence-corrected chi connectivity index (χ1v) is 5.78. The maximum Gasteiger partial charge on any atom is 0.122 e. The molecule has 1 saturated carbocycles. The van der Waals surface area contributed by atoms with Crippen LogP contribution in [0.1, 0.15) is 37.3 Å². The normalized spacial score (nSPS) is 18.4. The minimum atomic E-state index is 0.260. The lowest BCUT2D eigenvalue weighted by Gasteiger charge is -2.28. The molecule has 1 aromatic heterocycles. The summed E-state index contributed by atoms with van der Waals surface area (Å²) in [7, 11) is 0. The van der Waals surface area contributed by atoms with E-state index in [0.29, 0.717) is 6.54 Å². The summed E-state index contributed by atoms with van der Waals surface area (Å²) in [5.41, 5.74) is 5.85. The Morgan fingerprint density at radius 3 is 2.67 bits per heavy atom. The molecular weight excluding hydrogens is 188 g/mol. The second kappa shape index (κ2) is 4.37. The minimum absolute atomic E-state index is 0.260. The van der Waals surface area contributed by atoms with Crippen LogP contribution in [-0.2, 0) is 0 Å². The lowest BCUT2D eigenvalue weighted by molar-refractivity contribution is 0.177. The van der Waals surface area contributed by atoms with Gasteiger partial charge in [0.1, 0.15) is 11.5 Å². The zero-order chi connectivity index (χ0) is 10.8. The molecule has 1 aliphatic rings. The van der Waals surface area contributed by atoms with Gasteiger partial charge in [-0.2, -0.15) is 0 Å². The van der Waals surface area contributed by atoms with Crippen molar-refractivity contribution in [3.8, 4) is 0 Å². The molecule has 2 rings (SSSR count). The van der Waals surface area contributed by atoms with E-state index in [2.05, 4.69) is 17.9 Å². The van der Waals surface area contributed by atoms with E-state index < -0.39 is 0 Å². The van der Waals surface area contributed by atoms with E-state index in [9.17, 15) is 0 Å². The minimum Gasteiger partial charge on any atom is -0.465 e. The molecule has 1 heterocycles. The van der Waals surface area contributed by atoms with Gasteiger partial charge < -0.3 is 10.2 Å². The topological polar surface area (TPSA) is 42.4 Å². The summed E-state index contributed by atoms with van der Waals surface area (Å²) in [6.45, 7) is 5.85. The smallest absolute Gasteiger partial charge is 0.122 e. The van der Waals surface area contributed by atoms with Crippen LogP contribution >= 0.6 is 0 Å². The van der Waals surface area contributed by atoms with Crippen LogP contribution in [0, 0.1) is 6.92 Å². The highest BCUT2D eigenvalue weighted by atomic mass is 16.3. The van der Waals surface area contributed by atoms with Crippen LogP contribution in [0.3, 0.4) is 0 Å². The van der Waals surface area contributed by atoms with E-state index in [1.54, 1.807) is 0 Å². The van der Waals surface area contributed by atoms with Gasteiger partial charge in [-0.15, -0.1) is 0 Å². The monoisotopic (exact) mass is 208 g/mol. The molecule has 0 radical (unpaired) electrons. The molecule has 1 aromatic rings. The molecule has 0 amide bonds. The SMILES string of the molecule is CCN(C1CC1)C(CN)c1ccc(C)o1. The van der Waals surface area contributed by atoms with Crippen molar-refractivity contribution in [1.29, 1.82) is 0 Å². The maximum atomic E-state index is 5.85. The quantitative estimate of drug-likeness (QED) is 0.805. The third-order valence-electron chi connectivity index (χ3n) is 3.09. The van der Waals surface area contributed by atoms with Crippen LogP contribution in [0.25, 0.3) is 0 Å². The average Bonchev–Trinajstić information content (AvgIpc) is 2.98. The average molecular weight is 208 g/mol. The van der Waals surface area contributed by atoms with Gasteiger partial charge in [0.25, 0.3) is 0 Å². The molecule has 1 atom stereocenters. The first-order chi connectivity index (χ1) is 7.26. The Balaban J connectivity index is 2.14. The van der Waals surface area contributed by atoms with Gasteiger partial charge in [-0.05, 0) is 38.4 Å². The molecule has 1 aliphatic carbocycles. The van der Waals surface area contributed by atoms with E-state index in [-0.39, 0.29) is 6.04 Å². The molecule has 0 spiro atoms. The van der Waals surface area contributed by atoms with Crippen molar-refractivity contribution >= 4 is 0 Å². The van der Waals surface area contributed by atoms with Gasteiger partial charge in [-0.25, -0.2) is 0 Å². The number of likely N-dealkylation sites (N-methyl/N-ethyl adjacent to an activating group) is 1. The van der Waals surface area contributed by atoms with Crippen molar-refractivity contribution in [2.24, 2.45) is 5.73 Å². The van der Waals surface area contributed by atoms with Crippen molar-refractivity contribution in [3.05, 3.63) is 23.7 Å². The van der Waals surface area contributed by atoms with E-state index in [0.717, 1.165) is 24.1 Å². The Bertz CT molecular complexity index is 317. The predicted octanol–water partition coefficient (Wildman–Crippen LogP) is 2.07. The lowest BCUT2D eigenvalue weighted by atomic mass is 10.2. The third kappa shape index (κ3) is 2.24. The van der Waals surface area contributed by atoms with Crippen molar-refractivity contribution in [1.82, 2.24) is 4.90 Å². The summed E-state index contributed by atoms with van der Waals surface area (Å²) >= 11 is 0. The third-order valence-corrected chi connectivity index (χ3v) is 3.09. The van der Waals surface area contributed by atoms with Crippen LogP contribution in [0.5, 0.6) is 0 Å². The molecule has 0 bridgehead atoms. The molecule has 0 aliphatic heterocycles. The molecule has 3 heteroatoms. The molecule has 2 N–H and O–H groups in total. The van der Waals surface area contributed by atoms with E-state index in [1.807, 2.05) is 13.0 Å². The lowest BCUT2D eigenvalue weighted by Crippen LogP contribution is -2.35. The van der Waals surface area contributed by atoms with Gasteiger partial charge >= 0.3 is 0 Å². The van der Waals surface area contributed by atoms with Crippen LogP contribution in [0.15, 0.2) is 16.5 Å². The fraction of sp³-hybridized carbons (Fsp3) is 0.667. The van der Waals surface area contributed by atoms with Gasteiger partial charge in [0.05, 0.1) is 6.04 Å². The molecule has 84 valence electrons. The number of nitrogens with two attached hydrogens (primary N) is 1. The van der Waals surface area contributed by atoms with E-state index in [1.165, 1.54) is 12.8 Å². The number of nitrogens with zero attached hydrogens (tertiary/aromatic N) is 1. The van der Waals surface area contributed by atoms with Crippen molar-refractivity contribution < 1.29 is 4.42 Å². The number of hydrogen-bond donors (Lipinski definition) is 1. The summed E-state index contributed by atoms with van der Waals surface area (Å²) in [6.07, 6.45) is 2.62. The Kier molecular flexibility index (Phi) is 3.12. The standard InChI is InChI=1S/C12H20N2O/c1-3-14(10-5-6-10)11(8-13)12-7-4-9(2)15-12/h4,7,10-11H,3,5-6,8,13H2,1-2H3. The van der Waals surface area contributed by atoms with Gasteiger partial charge in [-0.3, -0.25) is 4.90 Å². The zero-order valence-corrected chi connectivity index (χ0v) is 9.57. The Morgan fingerprint density at radius 2 is 2.27 bits per heavy atom. The van der Waals surface area contributed by atoms with E-state index in [4.69, 9.17) is 10.2 Å². The molecule has 0 saturated heterocycles. The van der Waals surface area contributed by atoms with E-state index >= 15 is 0 Å². The molecule has 0 aromatic carbocycles. The number of rotatable bonds is 5. The molecular formula is C12H20N2O. The molecule has 3 nitrogen and oxygen atoms in total. The van der Waals surface area contributed by atoms with Crippen molar-refractivity contribution in [2.75, 3.05) is 13.1 Å². The number of aryl methyl sites for hydroxylation is 1. The Morgan fingerprint density at radius 1 is 1.53 bits per heavy atom. The van der Waals surface area contributed by atoms with Gasteiger partial charge in [0.2, 0.25) is 0 Å². The second-order valence-electron chi connectivity index (χ2n) is 4.26. The fourth-order valence-electron chi connectivity index (χ4n) is 2.19. The van der Waals surface area contributed by atoms with Gasteiger partial charge in [0, 0.05) is 12.6 Å². The number of furan rings is 1. The highest BCUT2D eigenvalue weighted by Crippen LogP contribution is 2.34. The van der Waals surface area contributed by atoms with Gasteiger partial charge in [-0.1, -0.05) is 6.92 Å². The molecule has 15 heavy (non-hydrogen) atoms. The molecule has 1 fully saturated rings. The Hall–Kier alpha value is -0.800. The van der Waals surface area contributed by atoms with Crippen molar-refractivity contribution in [2.45, 2.75) is 38.8 Å². The number of hydrogen-bond acceptors (Lipinski definition) is 3. The van der Waals surface area contributed by atoms with Crippen LogP contribution in [0.2, 0.25) is 0 Å². The molecule has 1 unspecified atom stereocenters. The largest absolute Gasteiger partial charge is 0.465 e. The summed E-state index contributed by atoms with van der Waals surface area (Å²) < 4.78 is 5.68.